The molecule has 4 heteroatoms. The van der Waals surface area contributed by atoms with E-state index in [1.54, 1.807) is 0 Å². The van der Waals surface area contributed by atoms with E-state index in [1.807, 2.05) is 11.3 Å². The highest BCUT2D eigenvalue weighted by Crippen LogP contribution is 2.10. The van der Waals surface area contributed by atoms with Crippen LogP contribution in [-0.2, 0) is 11.3 Å². The Morgan fingerprint density at radius 2 is 2.50 bits per heavy atom. The Labute approximate surface area is 114 Å². The molecule has 2 rings (SSSR count). The molecule has 0 saturated carbocycles. The molecule has 2 heterocycles. The van der Waals surface area contributed by atoms with Crippen molar-refractivity contribution in [1.29, 1.82) is 0 Å². The molecule has 0 amide bonds. The first kappa shape index (κ1) is 14.0. The molecule has 0 spiro atoms. The Morgan fingerprint density at radius 3 is 3.28 bits per heavy atom. The van der Waals surface area contributed by atoms with Crippen molar-refractivity contribution in [3.05, 3.63) is 22.4 Å². The van der Waals surface area contributed by atoms with Gasteiger partial charge in [0.2, 0.25) is 0 Å². The van der Waals surface area contributed by atoms with E-state index >= 15 is 0 Å². The highest BCUT2D eigenvalue weighted by atomic mass is 32.1. The number of thiophene rings is 1. The van der Waals surface area contributed by atoms with Crippen LogP contribution >= 0.6 is 11.3 Å². The molecule has 1 aromatic heterocycles. The van der Waals surface area contributed by atoms with Crippen LogP contribution in [0.5, 0.6) is 0 Å². The number of nitrogens with zero attached hydrogens (tertiary/aromatic N) is 1. The van der Waals surface area contributed by atoms with E-state index in [0.29, 0.717) is 12.1 Å². The van der Waals surface area contributed by atoms with Gasteiger partial charge in [0, 0.05) is 43.7 Å². The maximum atomic E-state index is 5.69. The van der Waals surface area contributed by atoms with Crippen molar-refractivity contribution in [2.75, 3.05) is 26.2 Å². The number of rotatable bonds is 5. The monoisotopic (exact) mass is 268 g/mol. The number of ether oxygens (including phenoxy) is 1. The van der Waals surface area contributed by atoms with Gasteiger partial charge < -0.3 is 10.1 Å². The van der Waals surface area contributed by atoms with E-state index in [4.69, 9.17) is 4.74 Å². The van der Waals surface area contributed by atoms with Gasteiger partial charge in [0.25, 0.3) is 0 Å². The van der Waals surface area contributed by atoms with Gasteiger partial charge in [0.15, 0.2) is 0 Å². The third-order valence-corrected chi connectivity index (χ3v) is 4.30. The fourth-order valence-corrected chi connectivity index (χ4v) is 3.05. The summed E-state index contributed by atoms with van der Waals surface area (Å²) in [5.74, 6) is 0. The fraction of sp³-hybridized carbons (Fsp3) is 0.714. The summed E-state index contributed by atoms with van der Waals surface area (Å²) >= 11 is 1.82. The molecule has 1 aliphatic rings. The van der Waals surface area contributed by atoms with Gasteiger partial charge in [-0.25, -0.2) is 0 Å². The molecule has 0 bridgehead atoms. The lowest BCUT2D eigenvalue weighted by molar-refractivity contribution is 0.0620. The molecule has 3 nitrogen and oxygen atoms in total. The van der Waals surface area contributed by atoms with Gasteiger partial charge in [-0.15, -0.1) is 11.3 Å². The topological polar surface area (TPSA) is 24.5 Å². The first-order valence-corrected chi connectivity index (χ1v) is 7.72. The van der Waals surface area contributed by atoms with Crippen LogP contribution in [0.1, 0.15) is 25.1 Å². The SMILES string of the molecule is CC1CN(C(C)CNCc2cccs2)CCCO1. The van der Waals surface area contributed by atoms with Crippen molar-refractivity contribution in [2.24, 2.45) is 0 Å². The molecule has 102 valence electrons. The first-order valence-electron chi connectivity index (χ1n) is 6.84. The zero-order chi connectivity index (χ0) is 12.8. The smallest absolute Gasteiger partial charge is 0.0674 e. The van der Waals surface area contributed by atoms with Crippen LogP contribution in [0.3, 0.4) is 0 Å². The lowest BCUT2D eigenvalue weighted by atomic mass is 10.2. The molecule has 0 radical (unpaired) electrons. The van der Waals surface area contributed by atoms with Crippen LogP contribution in [0.15, 0.2) is 17.5 Å². The average molecular weight is 268 g/mol. The van der Waals surface area contributed by atoms with Gasteiger partial charge in [-0.3, -0.25) is 4.90 Å². The number of hydrogen-bond acceptors (Lipinski definition) is 4. The summed E-state index contributed by atoms with van der Waals surface area (Å²) in [6.07, 6.45) is 1.52. The lowest BCUT2D eigenvalue weighted by Crippen LogP contribution is -2.43. The molecular formula is C14H24N2OS. The summed E-state index contributed by atoms with van der Waals surface area (Å²) in [6.45, 7) is 9.64. The van der Waals surface area contributed by atoms with E-state index in [1.165, 1.54) is 4.88 Å². The third-order valence-electron chi connectivity index (χ3n) is 3.43. The highest BCUT2D eigenvalue weighted by molar-refractivity contribution is 7.09. The summed E-state index contributed by atoms with van der Waals surface area (Å²) in [5.41, 5.74) is 0. The first-order chi connectivity index (χ1) is 8.75. The Morgan fingerprint density at radius 1 is 1.61 bits per heavy atom. The molecule has 2 unspecified atom stereocenters. The normalized spacial score (nSPS) is 23.8. The van der Waals surface area contributed by atoms with E-state index in [2.05, 4.69) is 41.6 Å². The zero-order valence-electron chi connectivity index (χ0n) is 11.4. The Bertz CT molecular complexity index is 329. The maximum Gasteiger partial charge on any atom is 0.0674 e. The number of nitrogens with one attached hydrogen (secondary N) is 1. The summed E-state index contributed by atoms with van der Waals surface area (Å²) in [5, 5.41) is 5.68. The van der Waals surface area contributed by atoms with Crippen molar-refractivity contribution >= 4 is 11.3 Å². The second kappa shape index (κ2) is 7.24. The summed E-state index contributed by atoms with van der Waals surface area (Å²) in [4.78, 5) is 3.95. The minimum absolute atomic E-state index is 0.368. The van der Waals surface area contributed by atoms with Crippen molar-refractivity contribution in [3.63, 3.8) is 0 Å². The van der Waals surface area contributed by atoms with Crippen LogP contribution < -0.4 is 5.32 Å². The van der Waals surface area contributed by atoms with Crippen molar-refractivity contribution in [1.82, 2.24) is 10.2 Å². The minimum atomic E-state index is 0.368. The summed E-state index contributed by atoms with van der Waals surface area (Å²) in [7, 11) is 0. The predicted molar refractivity (Wildman–Crippen MR) is 77.1 cm³/mol. The predicted octanol–water partition coefficient (Wildman–Crippen LogP) is 2.34. The molecule has 1 N–H and O–H groups in total. The van der Waals surface area contributed by atoms with Gasteiger partial charge >= 0.3 is 0 Å². The van der Waals surface area contributed by atoms with Crippen LogP contribution in [0.2, 0.25) is 0 Å². The Kier molecular flexibility index (Phi) is 5.63. The summed E-state index contributed by atoms with van der Waals surface area (Å²) in [6, 6.07) is 4.87. The molecule has 0 aromatic carbocycles. The van der Waals surface area contributed by atoms with Gasteiger partial charge in [0.05, 0.1) is 6.10 Å². The molecule has 0 aliphatic carbocycles. The van der Waals surface area contributed by atoms with Crippen molar-refractivity contribution in [2.45, 2.75) is 39.0 Å². The molecule has 1 aliphatic heterocycles. The fourth-order valence-electron chi connectivity index (χ4n) is 2.37. The van der Waals surface area contributed by atoms with Gasteiger partial charge in [-0.2, -0.15) is 0 Å². The van der Waals surface area contributed by atoms with Crippen molar-refractivity contribution < 1.29 is 4.74 Å². The van der Waals surface area contributed by atoms with E-state index in [-0.39, 0.29) is 0 Å². The molecular weight excluding hydrogens is 244 g/mol. The number of hydrogen-bond donors (Lipinski definition) is 1. The minimum Gasteiger partial charge on any atom is -0.377 e. The Balaban J connectivity index is 1.71. The molecule has 1 aromatic rings. The molecule has 1 saturated heterocycles. The van der Waals surface area contributed by atoms with E-state index in [9.17, 15) is 0 Å². The Hall–Kier alpha value is -0.420. The molecule has 2 atom stereocenters. The molecule has 1 fully saturated rings. The lowest BCUT2D eigenvalue weighted by Gasteiger charge is -2.28. The van der Waals surface area contributed by atoms with Crippen LogP contribution in [0.4, 0.5) is 0 Å². The van der Waals surface area contributed by atoms with Crippen LogP contribution in [-0.4, -0.2) is 43.3 Å². The third kappa shape index (κ3) is 4.35. The second-order valence-corrected chi connectivity index (χ2v) is 6.12. The summed E-state index contributed by atoms with van der Waals surface area (Å²) < 4.78 is 5.69. The van der Waals surface area contributed by atoms with Gasteiger partial charge in [-0.1, -0.05) is 6.07 Å². The van der Waals surface area contributed by atoms with E-state index in [0.717, 1.165) is 39.2 Å². The van der Waals surface area contributed by atoms with Gasteiger partial charge in [-0.05, 0) is 31.7 Å². The van der Waals surface area contributed by atoms with Crippen LogP contribution in [0.25, 0.3) is 0 Å². The molecule has 18 heavy (non-hydrogen) atoms. The largest absolute Gasteiger partial charge is 0.377 e. The second-order valence-electron chi connectivity index (χ2n) is 5.09. The maximum absolute atomic E-state index is 5.69. The zero-order valence-corrected chi connectivity index (χ0v) is 12.2. The average Bonchev–Trinajstić information content (AvgIpc) is 2.77. The van der Waals surface area contributed by atoms with Gasteiger partial charge in [0.1, 0.15) is 0 Å². The van der Waals surface area contributed by atoms with Crippen molar-refractivity contribution in [3.8, 4) is 0 Å². The standard InChI is InChI=1S/C14H24N2OS/c1-12(9-15-10-14-5-3-8-18-14)16-6-4-7-17-13(2)11-16/h3,5,8,12-13,15H,4,6-7,9-11H2,1-2H3. The quantitative estimate of drug-likeness (QED) is 0.887. The van der Waals surface area contributed by atoms with Crippen LogP contribution in [0, 0.1) is 0 Å². The van der Waals surface area contributed by atoms with E-state index < -0.39 is 0 Å². The highest BCUT2D eigenvalue weighted by Gasteiger charge is 2.19.